The zero-order chi connectivity index (χ0) is 40.3. The van der Waals surface area contributed by atoms with E-state index in [0.717, 1.165) is 61.4 Å². The minimum Gasteiger partial charge on any atom is -0.465 e. The average Bonchev–Trinajstić information content (AvgIpc) is 4.11. The van der Waals surface area contributed by atoms with E-state index in [1.54, 1.807) is 13.8 Å². The summed E-state index contributed by atoms with van der Waals surface area (Å²) in [6, 6.07) is 46.4. The van der Waals surface area contributed by atoms with Crippen molar-refractivity contribution in [3.63, 3.8) is 0 Å². The number of aromatic amines is 2. The summed E-state index contributed by atoms with van der Waals surface area (Å²) in [5, 5.41) is 0. The maximum absolute atomic E-state index is 14.0. The van der Waals surface area contributed by atoms with Gasteiger partial charge in [0.1, 0.15) is 0 Å². The molecular formula is C51H40N4O4. The molecule has 0 saturated carbocycles. The van der Waals surface area contributed by atoms with Crippen LogP contribution in [-0.4, -0.2) is 45.1 Å². The minimum absolute atomic E-state index is 0.0879. The highest BCUT2D eigenvalue weighted by atomic mass is 16.6. The molecule has 0 unspecified atom stereocenters. The van der Waals surface area contributed by atoms with Gasteiger partial charge in [0, 0.05) is 44.4 Å². The molecule has 8 nitrogen and oxygen atoms in total. The van der Waals surface area contributed by atoms with Gasteiger partial charge in [0.15, 0.2) is 5.92 Å². The number of carbonyl (C=O) groups is 2. The normalized spacial score (nSPS) is 11.8. The number of hydrogen-bond acceptors (Lipinski definition) is 6. The van der Waals surface area contributed by atoms with Crippen molar-refractivity contribution in [1.82, 2.24) is 19.9 Å². The summed E-state index contributed by atoms with van der Waals surface area (Å²) in [5.41, 5.74) is 13.3. The Morgan fingerprint density at radius 3 is 1.22 bits per heavy atom. The molecule has 9 rings (SSSR count). The summed E-state index contributed by atoms with van der Waals surface area (Å²) in [4.78, 5) is 46.3. The molecule has 0 spiro atoms. The van der Waals surface area contributed by atoms with Crippen molar-refractivity contribution in [3.05, 3.63) is 168 Å². The molecule has 5 heterocycles. The van der Waals surface area contributed by atoms with E-state index in [2.05, 4.69) is 46.4 Å². The Kier molecular flexibility index (Phi) is 10.1. The van der Waals surface area contributed by atoms with E-state index in [9.17, 15) is 9.59 Å². The Labute approximate surface area is 341 Å². The molecule has 0 radical (unpaired) electrons. The van der Waals surface area contributed by atoms with Gasteiger partial charge in [0.05, 0.1) is 41.5 Å². The molecule has 0 aliphatic carbocycles. The van der Waals surface area contributed by atoms with Crippen molar-refractivity contribution in [2.75, 3.05) is 13.2 Å². The van der Waals surface area contributed by atoms with Crippen molar-refractivity contribution < 1.29 is 19.1 Å². The molecule has 0 amide bonds. The summed E-state index contributed by atoms with van der Waals surface area (Å²) >= 11 is 0. The summed E-state index contributed by atoms with van der Waals surface area (Å²) in [6.45, 7) is 3.62. The van der Waals surface area contributed by atoms with E-state index >= 15 is 0 Å². The third-order valence-corrected chi connectivity index (χ3v) is 10.5. The Bertz CT molecular complexity index is 2910. The second kappa shape index (κ2) is 16.1. The van der Waals surface area contributed by atoms with Crippen molar-refractivity contribution in [2.24, 2.45) is 0 Å². The van der Waals surface area contributed by atoms with E-state index in [1.807, 2.05) is 127 Å². The molecule has 288 valence electrons. The van der Waals surface area contributed by atoms with Crippen molar-refractivity contribution in [2.45, 2.75) is 19.8 Å². The molecule has 2 N–H and O–H groups in total. The summed E-state index contributed by atoms with van der Waals surface area (Å²) in [6.07, 6.45) is 8.07. The van der Waals surface area contributed by atoms with Gasteiger partial charge >= 0.3 is 11.9 Å². The SMILES string of the molecule is CCOC(=O)C(C(=O)OCC)c1cc2[nH]c1c(-c1ccccc1)c1nc(c(-c3ccccc3)c3ccc([nH]3)c(-c3ccccc3)c3nc(c2-c2ccccc2)C=C3)C=C1. The zero-order valence-electron chi connectivity index (χ0n) is 32.6. The van der Waals surface area contributed by atoms with E-state index in [4.69, 9.17) is 19.4 Å². The molecule has 4 aromatic carbocycles. The summed E-state index contributed by atoms with van der Waals surface area (Å²) in [7, 11) is 0. The Morgan fingerprint density at radius 1 is 0.475 bits per heavy atom. The number of ether oxygens (including phenoxy) is 2. The van der Waals surface area contributed by atoms with Gasteiger partial charge in [0.25, 0.3) is 0 Å². The third-order valence-electron chi connectivity index (χ3n) is 10.5. The number of benzene rings is 4. The van der Waals surface area contributed by atoms with Crippen LogP contribution in [0.15, 0.2) is 140 Å². The predicted molar refractivity (Wildman–Crippen MR) is 237 cm³/mol. The Morgan fingerprint density at radius 2 is 0.831 bits per heavy atom. The highest BCUT2D eigenvalue weighted by Crippen LogP contribution is 2.41. The fourth-order valence-electron chi connectivity index (χ4n) is 7.97. The van der Waals surface area contributed by atoms with Crippen molar-refractivity contribution in [1.29, 1.82) is 0 Å². The first-order valence-corrected chi connectivity index (χ1v) is 19.8. The van der Waals surface area contributed by atoms with Gasteiger partial charge in [-0.25, -0.2) is 9.97 Å². The van der Waals surface area contributed by atoms with E-state index < -0.39 is 17.9 Å². The molecule has 59 heavy (non-hydrogen) atoms. The molecule has 7 aromatic rings. The monoisotopic (exact) mass is 772 g/mol. The van der Waals surface area contributed by atoms with Gasteiger partial charge in [-0.3, -0.25) is 9.59 Å². The van der Waals surface area contributed by atoms with Gasteiger partial charge in [-0.2, -0.15) is 0 Å². The van der Waals surface area contributed by atoms with Crippen molar-refractivity contribution >= 4 is 58.3 Å². The van der Waals surface area contributed by atoms with E-state index in [-0.39, 0.29) is 13.2 Å². The zero-order valence-corrected chi connectivity index (χ0v) is 32.6. The largest absolute Gasteiger partial charge is 0.465 e. The lowest BCUT2D eigenvalue weighted by molar-refractivity contribution is -0.156. The number of aromatic nitrogens is 4. The minimum atomic E-state index is -1.40. The van der Waals surface area contributed by atoms with Crippen LogP contribution in [0.25, 0.3) is 90.9 Å². The van der Waals surface area contributed by atoms with Crippen LogP contribution in [0.5, 0.6) is 0 Å². The molecule has 0 fully saturated rings. The standard InChI is InChI=1S/C51H40N4O4/c1-3-58-50(56)48(51(57)59-4-2)36-31-43-46(34-21-13-7-14-22-34)41-28-27-39(53-41)44(32-17-9-5-10-18-32)37-25-26-38(52-37)45(33-19-11-6-12-20-33)40-29-30-42(54-40)47(49(36)55-43)35-23-15-8-16-24-35/h5-31,48,52,55H,3-4H2,1-2H3. The van der Waals surface area contributed by atoms with Crippen LogP contribution >= 0.6 is 0 Å². The lowest BCUT2D eigenvalue weighted by Crippen LogP contribution is -2.26. The maximum atomic E-state index is 14.0. The lowest BCUT2D eigenvalue weighted by Gasteiger charge is -2.15. The Balaban J connectivity index is 1.53. The fourth-order valence-corrected chi connectivity index (χ4v) is 7.97. The molecule has 8 heteroatoms. The van der Waals surface area contributed by atoms with Gasteiger partial charge < -0.3 is 19.4 Å². The number of H-pyrrole nitrogens is 2. The smallest absolute Gasteiger partial charge is 0.324 e. The highest BCUT2D eigenvalue weighted by Gasteiger charge is 2.35. The predicted octanol–water partition coefficient (Wildman–Crippen LogP) is 11.5. The quantitative estimate of drug-likeness (QED) is 0.112. The van der Waals surface area contributed by atoms with Gasteiger partial charge in [-0.05, 0) is 78.6 Å². The summed E-state index contributed by atoms with van der Waals surface area (Å²) < 4.78 is 11.2. The second-order valence-electron chi connectivity index (χ2n) is 14.1. The Hall–Kier alpha value is -7.58. The van der Waals surface area contributed by atoms with Crippen LogP contribution in [0.3, 0.4) is 0 Å². The van der Waals surface area contributed by atoms with Crippen LogP contribution in [0.2, 0.25) is 0 Å². The number of nitrogens with zero attached hydrogens (tertiary/aromatic N) is 2. The molecular weight excluding hydrogens is 733 g/mol. The van der Waals surface area contributed by atoms with Crippen LogP contribution in [0, 0.1) is 0 Å². The second-order valence-corrected chi connectivity index (χ2v) is 14.1. The topological polar surface area (TPSA) is 110 Å². The van der Waals surface area contributed by atoms with Gasteiger partial charge in [-0.15, -0.1) is 0 Å². The van der Waals surface area contributed by atoms with Crippen LogP contribution in [-0.2, 0) is 19.1 Å². The number of carbonyl (C=O) groups excluding carboxylic acids is 2. The third kappa shape index (κ3) is 7.06. The lowest BCUT2D eigenvalue weighted by atomic mass is 9.94. The number of rotatable bonds is 9. The number of hydrogen-bond donors (Lipinski definition) is 2. The average molecular weight is 773 g/mol. The number of esters is 2. The van der Waals surface area contributed by atoms with Gasteiger partial charge in [-0.1, -0.05) is 121 Å². The van der Waals surface area contributed by atoms with Crippen molar-refractivity contribution in [3.8, 4) is 44.5 Å². The maximum Gasteiger partial charge on any atom is 0.324 e. The van der Waals surface area contributed by atoms with E-state index in [1.165, 1.54) is 0 Å². The van der Waals surface area contributed by atoms with Gasteiger partial charge in [0.2, 0.25) is 0 Å². The molecule has 0 saturated heterocycles. The first-order chi connectivity index (χ1) is 29.0. The molecule has 3 aromatic heterocycles. The fraction of sp³-hybridized carbons (Fsp3) is 0.0980. The van der Waals surface area contributed by atoms with Crippen LogP contribution in [0.4, 0.5) is 0 Å². The van der Waals surface area contributed by atoms with E-state index in [0.29, 0.717) is 33.5 Å². The molecule has 2 aliphatic heterocycles. The number of fused-ring (bicyclic) bond motifs is 8. The molecule has 2 aliphatic rings. The first kappa shape index (κ1) is 37.0. The first-order valence-electron chi connectivity index (χ1n) is 19.8. The van der Waals surface area contributed by atoms with Crippen LogP contribution in [0.1, 0.15) is 48.1 Å². The van der Waals surface area contributed by atoms with Crippen LogP contribution < -0.4 is 0 Å². The number of nitrogens with one attached hydrogen (secondary N) is 2. The molecule has 8 bridgehead atoms. The molecule has 0 atom stereocenters. The highest BCUT2D eigenvalue weighted by molar-refractivity contribution is 6.07. The summed E-state index contributed by atoms with van der Waals surface area (Å²) in [5.74, 6) is -2.80.